The van der Waals surface area contributed by atoms with E-state index in [4.69, 9.17) is 13.9 Å². The maximum absolute atomic E-state index is 13.1. The van der Waals surface area contributed by atoms with E-state index in [1.54, 1.807) is 25.3 Å². The molecule has 164 valence electrons. The number of nitrogens with zero attached hydrogens (tertiary/aromatic N) is 1. The lowest BCUT2D eigenvalue weighted by atomic mass is 10.1. The first-order valence-corrected chi connectivity index (χ1v) is 11.3. The van der Waals surface area contributed by atoms with E-state index >= 15 is 0 Å². The predicted molar refractivity (Wildman–Crippen MR) is 132 cm³/mol. The second kappa shape index (κ2) is 8.96. The van der Waals surface area contributed by atoms with Crippen molar-refractivity contribution < 1.29 is 18.7 Å². The van der Waals surface area contributed by atoms with Crippen LogP contribution < -0.4 is 14.8 Å². The summed E-state index contributed by atoms with van der Waals surface area (Å²) in [4.78, 5) is 17.7. The molecule has 8 heteroatoms. The van der Waals surface area contributed by atoms with Gasteiger partial charge in [0.1, 0.15) is 17.0 Å². The number of carbonyl (C=O) groups excluding carboxylic acids is 1. The Morgan fingerprint density at radius 1 is 1.00 bits per heavy atom. The average Bonchev–Trinajstić information content (AvgIpc) is 3.16. The van der Waals surface area contributed by atoms with Gasteiger partial charge in [0.05, 0.1) is 29.9 Å². The monoisotopic (exact) mass is 558 g/mol. The largest absolute Gasteiger partial charge is 0.495 e. The van der Waals surface area contributed by atoms with E-state index in [0.29, 0.717) is 38.7 Å². The fraction of sp³-hybridized carbons (Fsp3) is 0.167. The average molecular weight is 560 g/mol. The summed E-state index contributed by atoms with van der Waals surface area (Å²) < 4.78 is 18.2. The van der Waals surface area contributed by atoms with Gasteiger partial charge in [0.25, 0.3) is 5.91 Å². The number of halogens is 2. The number of carbonyl (C=O) groups is 1. The van der Waals surface area contributed by atoms with Crippen LogP contribution in [-0.4, -0.2) is 25.1 Å². The zero-order chi connectivity index (χ0) is 23.0. The number of anilines is 1. The van der Waals surface area contributed by atoms with Crippen LogP contribution in [0.5, 0.6) is 11.5 Å². The number of oxazole rings is 1. The second-order valence-electron chi connectivity index (χ2n) is 7.26. The topological polar surface area (TPSA) is 73.6 Å². The van der Waals surface area contributed by atoms with Crippen LogP contribution in [0.1, 0.15) is 21.5 Å². The summed E-state index contributed by atoms with van der Waals surface area (Å²) in [6.45, 7) is 4.07. The van der Waals surface area contributed by atoms with E-state index in [0.717, 1.165) is 26.7 Å². The molecule has 32 heavy (non-hydrogen) atoms. The highest BCUT2D eigenvalue weighted by molar-refractivity contribution is 9.11. The summed E-state index contributed by atoms with van der Waals surface area (Å²) in [5.74, 6) is 1.07. The summed E-state index contributed by atoms with van der Waals surface area (Å²) in [6.07, 6.45) is 0. The molecule has 4 aromatic rings. The molecule has 6 nitrogen and oxygen atoms in total. The minimum atomic E-state index is -0.344. The Morgan fingerprint density at radius 3 is 2.47 bits per heavy atom. The SMILES string of the molecule is COc1ccc(-c2nc3cc(C)c(C)cc3o2)cc1NC(=O)c1cc(Br)cc(Br)c1OC. The van der Waals surface area contributed by atoms with Gasteiger partial charge in [-0.25, -0.2) is 4.98 Å². The van der Waals surface area contributed by atoms with Crippen LogP contribution in [0, 0.1) is 13.8 Å². The third kappa shape index (κ3) is 4.25. The normalized spacial score (nSPS) is 10.9. The summed E-state index contributed by atoms with van der Waals surface area (Å²) in [5, 5.41) is 2.91. The quantitative estimate of drug-likeness (QED) is 0.288. The molecular weight excluding hydrogens is 540 g/mol. The molecule has 3 aromatic carbocycles. The van der Waals surface area contributed by atoms with Crippen molar-refractivity contribution in [1.82, 2.24) is 4.98 Å². The van der Waals surface area contributed by atoms with Gasteiger partial charge in [-0.15, -0.1) is 0 Å². The molecule has 0 radical (unpaired) electrons. The number of methoxy groups -OCH3 is 2. The molecular formula is C24H20Br2N2O4. The predicted octanol–water partition coefficient (Wildman–Crippen LogP) is 6.91. The van der Waals surface area contributed by atoms with Crippen LogP contribution >= 0.6 is 31.9 Å². The molecule has 0 saturated heterocycles. The first-order valence-electron chi connectivity index (χ1n) is 9.71. The van der Waals surface area contributed by atoms with E-state index in [1.807, 2.05) is 38.1 Å². The number of nitrogens with one attached hydrogen (secondary N) is 1. The van der Waals surface area contributed by atoms with E-state index in [2.05, 4.69) is 42.2 Å². The molecule has 1 aromatic heterocycles. The van der Waals surface area contributed by atoms with Gasteiger partial charge in [-0.05, 0) is 83.4 Å². The molecule has 0 unspecified atom stereocenters. The van der Waals surface area contributed by atoms with Crippen LogP contribution in [0.25, 0.3) is 22.6 Å². The molecule has 0 fully saturated rings. The van der Waals surface area contributed by atoms with Crippen molar-refractivity contribution in [2.24, 2.45) is 0 Å². The van der Waals surface area contributed by atoms with E-state index in [9.17, 15) is 4.79 Å². The highest BCUT2D eigenvalue weighted by atomic mass is 79.9. The van der Waals surface area contributed by atoms with Gasteiger partial charge in [-0.3, -0.25) is 4.79 Å². The zero-order valence-electron chi connectivity index (χ0n) is 17.9. The smallest absolute Gasteiger partial charge is 0.259 e. The van der Waals surface area contributed by atoms with Crippen molar-refractivity contribution in [3.63, 3.8) is 0 Å². The Balaban J connectivity index is 1.73. The molecule has 0 atom stereocenters. The van der Waals surface area contributed by atoms with Crippen LogP contribution in [-0.2, 0) is 0 Å². The highest BCUT2D eigenvalue weighted by Crippen LogP contribution is 2.36. The molecule has 0 aliphatic carbocycles. The summed E-state index contributed by atoms with van der Waals surface area (Å²) in [5.41, 5.74) is 5.36. The fourth-order valence-corrected chi connectivity index (χ4v) is 4.76. The lowest BCUT2D eigenvalue weighted by molar-refractivity contribution is 0.102. The van der Waals surface area contributed by atoms with Gasteiger partial charge in [-0.2, -0.15) is 0 Å². The van der Waals surface area contributed by atoms with Crippen LogP contribution in [0.15, 0.2) is 55.8 Å². The number of ether oxygens (including phenoxy) is 2. The number of benzene rings is 3. The Kier molecular flexibility index (Phi) is 6.26. The molecule has 0 aliphatic heterocycles. The van der Waals surface area contributed by atoms with Crippen molar-refractivity contribution in [2.45, 2.75) is 13.8 Å². The number of hydrogen-bond donors (Lipinski definition) is 1. The van der Waals surface area contributed by atoms with Gasteiger partial charge < -0.3 is 19.2 Å². The van der Waals surface area contributed by atoms with Crippen molar-refractivity contribution in [1.29, 1.82) is 0 Å². The molecule has 1 heterocycles. The number of hydrogen-bond acceptors (Lipinski definition) is 5. The highest BCUT2D eigenvalue weighted by Gasteiger charge is 2.19. The minimum Gasteiger partial charge on any atom is -0.495 e. The zero-order valence-corrected chi connectivity index (χ0v) is 21.0. The molecule has 1 amide bonds. The Hall–Kier alpha value is -2.84. The maximum Gasteiger partial charge on any atom is 0.259 e. The summed E-state index contributed by atoms with van der Waals surface area (Å²) >= 11 is 6.84. The maximum atomic E-state index is 13.1. The van der Waals surface area contributed by atoms with Gasteiger partial charge in [0.2, 0.25) is 5.89 Å². The van der Waals surface area contributed by atoms with Crippen molar-refractivity contribution in [3.8, 4) is 23.0 Å². The second-order valence-corrected chi connectivity index (χ2v) is 9.03. The summed E-state index contributed by atoms with van der Waals surface area (Å²) in [7, 11) is 3.06. The van der Waals surface area contributed by atoms with Gasteiger partial charge in [0.15, 0.2) is 5.58 Å². The van der Waals surface area contributed by atoms with Gasteiger partial charge >= 0.3 is 0 Å². The number of aryl methyl sites for hydroxylation is 2. The lowest BCUT2D eigenvalue weighted by Crippen LogP contribution is -2.14. The summed E-state index contributed by atoms with van der Waals surface area (Å²) in [6, 6.07) is 12.9. The third-order valence-corrected chi connectivity index (χ3v) is 6.20. The van der Waals surface area contributed by atoms with Crippen LogP contribution in [0.2, 0.25) is 0 Å². The standard InChI is InChI=1S/C24H20Br2N2O4/c1-12-7-18-21(8-13(12)2)32-24(28-18)14-5-6-20(30-3)19(9-14)27-23(29)16-10-15(25)11-17(26)22(16)31-4/h5-11H,1-4H3,(H,27,29). The van der Waals surface area contributed by atoms with Crippen LogP contribution in [0.4, 0.5) is 5.69 Å². The first-order chi connectivity index (χ1) is 15.3. The molecule has 0 aliphatic rings. The first kappa shape index (κ1) is 22.4. The Bertz CT molecular complexity index is 1310. The van der Waals surface area contributed by atoms with Gasteiger partial charge in [-0.1, -0.05) is 15.9 Å². The van der Waals surface area contributed by atoms with Gasteiger partial charge in [0, 0.05) is 10.0 Å². The number of amides is 1. The third-order valence-electron chi connectivity index (χ3n) is 5.16. The van der Waals surface area contributed by atoms with Crippen LogP contribution in [0.3, 0.4) is 0 Å². The van der Waals surface area contributed by atoms with E-state index in [-0.39, 0.29) is 5.91 Å². The molecule has 4 rings (SSSR count). The lowest BCUT2D eigenvalue weighted by Gasteiger charge is -2.14. The number of aromatic nitrogens is 1. The molecule has 0 spiro atoms. The number of rotatable bonds is 5. The van der Waals surface area contributed by atoms with Crippen molar-refractivity contribution >= 4 is 54.6 Å². The Morgan fingerprint density at radius 2 is 1.75 bits per heavy atom. The fourth-order valence-electron chi connectivity index (χ4n) is 3.37. The van der Waals surface area contributed by atoms with E-state index in [1.165, 1.54) is 7.11 Å². The Labute approximate surface area is 202 Å². The number of fused-ring (bicyclic) bond motifs is 1. The van der Waals surface area contributed by atoms with Crippen molar-refractivity contribution in [3.05, 3.63) is 68.1 Å². The molecule has 1 N–H and O–H groups in total. The minimum absolute atomic E-state index is 0.344. The van der Waals surface area contributed by atoms with Crippen molar-refractivity contribution in [2.75, 3.05) is 19.5 Å². The van der Waals surface area contributed by atoms with E-state index < -0.39 is 0 Å². The molecule has 0 bridgehead atoms. The molecule has 0 saturated carbocycles.